The molecule has 2 aromatic carbocycles. The molecule has 0 heterocycles. The zero-order valence-electron chi connectivity index (χ0n) is 19.2. The lowest BCUT2D eigenvalue weighted by molar-refractivity contribution is -0.137. The number of alkyl carbamates (subject to hydrolysis) is 1. The van der Waals surface area contributed by atoms with Gasteiger partial charge in [-0.3, -0.25) is 14.4 Å². The second-order valence-corrected chi connectivity index (χ2v) is 8.45. The van der Waals surface area contributed by atoms with Crippen LogP contribution in [0.15, 0.2) is 48.5 Å². The van der Waals surface area contributed by atoms with Crippen LogP contribution in [-0.2, 0) is 19.1 Å². The van der Waals surface area contributed by atoms with Crippen LogP contribution in [0.1, 0.15) is 30.9 Å². The Morgan fingerprint density at radius 3 is 2.03 bits per heavy atom. The first-order chi connectivity index (χ1) is 16.3. The quantitative estimate of drug-likeness (QED) is 0.423. The number of carbonyl (C=O) groups excluding carboxylic acids is 3. The van der Waals surface area contributed by atoms with Gasteiger partial charge in [-0.2, -0.15) is 0 Å². The minimum atomic E-state index is -1.17. The van der Waals surface area contributed by atoms with Gasteiger partial charge in [0.05, 0.1) is 12.5 Å². The first kappa shape index (κ1) is 24.8. The number of nitrogens with one attached hydrogen (secondary N) is 3. The summed E-state index contributed by atoms with van der Waals surface area (Å²) in [4.78, 5) is 47.0. The lowest BCUT2D eigenvalue weighted by Gasteiger charge is -2.21. The summed E-state index contributed by atoms with van der Waals surface area (Å²) < 4.78 is 5.50. The van der Waals surface area contributed by atoms with Crippen LogP contribution < -0.4 is 16.0 Å². The minimum Gasteiger partial charge on any atom is -0.480 e. The molecule has 0 saturated carbocycles. The van der Waals surface area contributed by atoms with E-state index >= 15 is 0 Å². The number of carboxylic acids is 1. The molecule has 4 N–H and O–H groups in total. The van der Waals surface area contributed by atoms with Gasteiger partial charge in [0.1, 0.15) is 13.2 Å². The Kier molecular flexibility index (Phi) is 8.24. The molecule has 1 unspecified atom stereocenters. The number of hydrogen-bond acceptors (Lipinski definition) is 5. The van der Waals surface area contributed by atoms with Gasteiger partial charge < -0.3 is 25.8 Å². The number of hydrogen-bond donors (Lipinski definition) is 4. The summed E-state index contributed by atoms with van der Waals surface area (Å²) in [5, 5.41) is 15.9. The molecule has 9 nitrogen and oxygen atoms in total. The molecule has 1 aliphatic rings. The molecule has 1 aliphatic carbocycles. The molecular formula is C25H29N3O6. The third kappa shape index (κ3) is 6.12. The van der Waals surface area contributed by atoms with Crippen LogP contribution in [-0.4, -0.2) is 55.2 Å². The van der Waals surface area contributed by atoms with Crippen molar-refractivity contribution in [2.45, 2.75) is 19.8 Å². The van der Waals surface area contributed by atoms with E-state index in [4.69, 9.17) is 9.84 Å². The van der Waals surface area contributed by atoms with Crippen LogP contribution in [0.4, 0.5) is 4.79 Å². The highest BCUT2D eigenvalue weighted by atomic mass is 16.5. The third-order valence-corrected chi connectivity index (χ3v) is 5.81. The SMILES string of the molecule is CC(C)C(CNC(=O)OCC1c2ccccc2-c2ccccc21)C(=O)NCC(=O)NCC(=O)O. The molecule has 180 valence electrons. The summed E-state index contributed by atoms with van der Waals surface area (Å²) in [6.07, 6.45) is -0.625. The predicted molar refractivity (Wildman–Crippen MR) is 125 cm³/mol. The molecule has 3 amide bonds. The van der Waals surface area contributed by atoms with E-state index in [1.807, 2.05) is 50.2 Å². The highest BCUT2D eigenvalue weighted by Gasteiger charge is 2.29. The van der Waals surface area contributed by atoms with Crippen LogP contribution in [0.25, 0.3) is 11.1 Å². The van der Waals surface area contributed by atoms with Crippen molar-refractivity contribution >= 4 is 23.9 Å². The zero-order chi connectivity index (χ0) is 24.7. The summed E-state index contributed by atoms with van der Waals surface area (Å²) in [5.41, 5.74) is 4.49. The van der Waals surface area contributed by atoms with Gasteiger partial charge in [-0.15, -0.1) is 0 Å². The minimum absolute atomic E-state index is 0.0386. The van der Waals surface area contributed by atoms with Crippen molar-refractivity contribution in [3.05, 3.63) is 59.7 Å². The molecule has 0 aliphatic heterocycles. The Labute approximate surface area is 197 Å². The first-order valence-electron chi connectivity index (χ1n) is 11.1. The van der Waals surface area contributed by atoms with E-state index < -0.39 is 36.3 Å². The number of benzene rings is 2. The fourth-order valence-corrected chi connectivity index (χ4v) is 4.01. The first-order valence-corrected chi connectivity index (χ1v) is 11.1. The molecule has 0 radical (unpaired) electrons. The van der Waals surface area contributed by atoms with Crippen molar-refractivity contribution in [3.63, 3.8) is 0 Å². The second-order valence-electron chi connectivity index (χ2n) is 8.45. The Balaban J connectivity index is 1.51. The summed E-state index contributed by atoms with van der Waals surface area (Å²) >= 11 is 0. The molecule has 1 atom stereocenters. The van der Waals surface area contributed by atoms with Gasteiger partial charge in [0.2, 0.25) is 11.8 Å². The maximum absolute atomic E-state index is 12.5. The van der Waals surface area contributed by atoms with Crippen LogP contribution in [0.2, 0.25) is 0 Å². The lowest BCUT2D eigenvalue weighted by Crippen LogP contribution is -2.45. The highest BCUT2D eigenvalue weighted by Crippen LogP contribution is 2.44. The fraction of sp³-hybridized carbons (Fsp3) is 0.360. The van der Waals surface area contributed by atoms with Crippen molar-refractivity contribution < 1.29 is 29.0 Å². The molecule has 9 heteroatoms. The van der Waals surface area contributed by atoms with Gasteiger partial charge in [0.25, 0.3) is 0 Å². The van der Waals surface area contributed by atoms with Crippen LogP contribution in [0.5, 0.6) is 0 Å². The highest BCUT2D eigenvalue weighted by molar-refractivity contribution is 5.87. The van der Waals surface area contributed by atoms with Gasteiger partial charge in [-0.05, 0) is 28.2 Å². The van der Waals surface area contributed by atoms with E-state index in [0.29, 0.717) is 0 Å². The maximum Gasteiger partial charge on any atom is 0.407 e. The number of rotatable bonds is 10. The van der Waals surface area contributed by atoms with Crippen LogP contribution in [0, 0.1) is 11.8 Å². The number of aliphatic carboxylic acids is 1. The van der Waals surface area contributed by atoms with E-state index in [9.17, 15) is 19.2 Å². The number of carbonyl (C=O) groups is 4. The Morgan fingerprint density at radius 2 is 1.47 bits per heavy atom. The van der Waals surface area contributed by atoms with Crippen LogP contribution in [0.3, 0.4) is 0 Å². The second kappa shape index (κ2) is 11.3. The monoisotopic (exact) mass is 467 g/mol. The van der Waals surface area contributed by atoms with Crippen LogP contribution >= 0.6 is 0 Å². The van der Waals surface area contributed by atoms with Gasteiger partial charge in [0, 0.05) is 12.5 Å². The Morgan fingerprint density at radius 1 is 0.882 bits per heavy atom. The van der Waals surface area contributed by atoms with Crippen molar-refractivity contribution in [1.82, 2.24) is 16.0 Å². The van der Waals surface area contributed by atoms with Crippen molar-refractivity contribution in [1.29, 1.82) is 0 Å². The number of fused-ring (bicyclic) bond motifs is 3. The predicted octanol–water partition coefficient (Wildman–Crippen LogP) is 2.11. The summed E-state index contributed by atoms with van der Waals surface area (Å²) in [6, 6.07) is 16.1. The number of amides is 3. The van der Waals surface area contributed by atoms with E-state index in [-0.39, 0.29) is 31.5 Å². The van der Waals surface area contributed by atoms with Crippen molar-refractivity contribution in [2.75, 3.05) is 26.2 Å². The van der Waals surface area contributed by atoms with Crippen molar-refractivity contribution in [2.24, 2.45) is 11.8 Å². The molecule has 34 heavy (non-hydrogen) atoms. The fourth-order valence-electron chi connectivity index (χ4n) is 4.01. The Bertz CT molecular complexity index is 1020. The topological polar surface area (TPSA) is 134 Å². The average Bonchev–Trinajstić information content (AvgIpc) is 3.13. The third-order valence-electron chi connectivity index (χ3n) is 5.81. The largest absolute Gasteiger partial charge is 0.480 e. The number of carboxylic acid groups (broad SMARTS) is 1. The molecule has 0 fully saturated rings. The van der Waals surface area contributed by atoms with Crippen molar-refractivity contribution in [3.8, 4) is 11.1 Å². The maximum atomic E-state index is 12.5. The van der Waals surface area contributed by atoms with E-state index in [1.54, 1.807) is 0 Å². The summed E-state index contributed by atoms with van der Waals surface area (Å²) in [5.74, 6) is -2.97. The molecule has 0 bridgehead atoms. The van der Waals surface area contributed by atoms with Gasteiger partial charge >= 0.3 is 12.1 Å². The van der Waals surface area contributed by atoms with Gasteiger partial charge in [-0.25, -0.2) is 4.79 Å². The normalized spacial score (nSPS) is 12.9. The van der Waals surface area contributed by atoms with E-state index in [1.165, 1.54) is 0 Å². The molecule has 0 spiro atoms. The molecule has 2 aromatic rings. The molecule has 3 rings (SSSR count). The number of ether oxygens (including phenoxy) is 1. The Hall–Kier alpha value is -3.88. The lowest BCUT2D eigenvalue weighted by atomic mass is 9.95. The molecular weight excluding hydrogens is 438 g/mol. The van der Waals surface area contributed by atoms with Gasteiger partial charge in [-0.1, -0.05) is 62.4 Å². The summed E-state index contributed by atoms with van der Waals surface area (Å²) in [6.45, 7) is 2.99. The molecule has 0 saturated heterocycles. The standard InChI is InChI=1S/C25H29N3O6/c1-15(2)20(24(32)27-12-22(29)26-13-23(30)31)11-28-25(33)34-14-21-18-9-5-3-7-16(18)17-8-4-6-10-19(17)21/h3-10,15,20-21H,11-14H2,1-2H3,(H,26,29)(H,27,32)(H,28,33)(H,30,31). The molecule has 0 aromatic heterocycles. The average molecular weight is 468 g/mol. The smallest absolute Gasteiger partial charge is 0.407 e. The van der Waals surface area contributed by atoms with E-state index in [2.05, 4.69) is 28.1 Å². The van der Waals surface area contributed by atoms with E-state index in [0.717, 1.165) is 22.3 Å². The summed E-state index contributed by atoms with van der Waals surface area (Å²) in [7, 11) is 0. The van der Waals surface area contributed by atoms with Gasteiger partial charge in [0.15, 0.2) is 0 Å². The zero-order valence-corrected chi connectivity index (χ0v) is 19.2.